The minimum Gasteiger partial charge on any atom is -0.495 e. The van der Waals surface area contributed by atoms with Gasteiger partial charge < -0.3 is 19.9 Å². The van der Waals surface area contributed by atoms with Crippen molar-refractivity contribution >= 4 is 29.0 Å². The monoisotopic (exact) mass is 363 g/mol. The number of hydrogen-bond donors (Lipinski definition) is 1. The van der Waals surface area contributed by atoms with E-state index in [0.717, 1.165) is 11.4 Å². The van der Waals surface area contributed by atoms with Crippen molar-refractivity contribution in [1.82, 2.24) is 4.90 Å². The summed E-state index contributed by atoms with van der Waals surface area (Å²) in [6, 6.07) is 11.0. The van der Waals surface area contributed by atoms with Gasteiger partial charge in [0.25, 0.3) is 0 Å². The van der Waals surface area contributed by atoms with Crippen LogP contribution in [0.3, 0.4) is 0 Å². The highest BCUT2D eigenvalue weighted by Crippen LogP contribution is 2.31. The number of hydrogen-bond acceptors (Lipinski definition) is 3. The van der Waals surface area contributed by atoms with E-state index in [2.05, 4.69) is 10.2 Å². The zero-order valence-corrected chi connectivity index (χ0v) is 14.6. The molecule has 1 fully saturated rings. The summed E-state index contributed by atoms with van der Waals surface area (Å²) in [4.78, 5) is 16.2. The largest absolute Gasteiger partial charge is 0.495 e. The Morgan fingerprint density at radius 2 is 1.80 bits per heavy atom. The second-order valence-corrected chi connectivity index (χ2v) is 6.16. The number of rotatable bonds is 3. The zero-order chi connectivity index (χ0) is 17.8. The number of amides is 2. The van der Waals surface area contributed by atoms with Crippen molar-refractivity contribution in [1.29, 1.82) is 0 Å². The Kier molecular flexibility index (Phi) is 5.28. The molecule has 3 rings (SSSR count). The normalized spacial score (nSPS) is 14.4. The third-order valence-corrected chi connectivity index (χ3v) is 4.38. The minimum atomic E-state index is -0.331. The van der Waals surface area contributed by atoms with Crippen LogP contribution in [0.4, 0.5) is 20.6 Å². The molecule has 0 bridgehead atoms. The number of nitrogens with one attached hydrogen (secondary N) is 1. The highest BCUT2D eigenvalue weighted by atomic mass is 35.5. The number of carbonyl (C=O) groups is 1. The van der Waals surface area contributed by atoms with Crippen molar-refractivity contribution in [3.8, 4) is 5.75 Å². The number of halogens is 2. The second kappa shape index (κ2) is 7.61. The van der Waals surface area contributed by atoms with Gasteiger partial charge >= 0.3 is 6.03 Å². The summed E-state index contributed by atoms with van der Waals surface area (Å²) < 4.78 is 18.3. The Morgan fingerprint density at radius 1 is 1.12 bits per heavy atom. The summed E-state index contributed by atoms with van der Waals surface area (Å²) in [6.07, 6.45) is 0. The van der Waals surface area contributed by atoms with Crippen LogP contribution in [-0.2, 0) is 0 Å². The van der Waals surface area contributed by atoms with Gasteiger partial charge in [0.1, 0.15) is 11.6 Å². The third-order valence-electron chi connectivity index (χ3n) is 4.14. The Balaban J connectivity index is 1.61. The maximum Gasteiger partial charge on any atom is 0.321 e. The molecule has 25 heavy (non-hydrogen) atoms. The molecule has 0 aliphatic carbocycles. The number of anilines is 2. The molecule has 2 aromatic carbocycles. The lowest BCUT2D eigenvalue weighted by Gasteiger charge is -2.36. The van der Waals surface area contributed by atoms with E-state index in [1.807, 2.05) is 12.1 Å². The van der Waals surface area contributed by atoms with E-state index in [1.165, 1.54) is 12.1 Å². The third kappa shape index (κ3) is 4.14. The topological polar surface area (TPSA) is 44.8 Å². The molecule has 1 heterocycles. The molecule has 1 aliphatic rings. The van der Waals surface area contributed by atoms with E-state index >= 15 is 0 Å². The molecule has 0 aromatic heterocycles. The van der Waals surface area contributed by atoms with Gasteiger partial charge in [-0.25, -0.2) is 9.18 Å². The maximum atomic E-state index is 12.9. The van der Waals surface area contributed by atoms with Crippen molar-refractivity contribution in [3.05, 3.63) is 53.3 Å². The van der Waals surface area contributed by atoms with E-state index in [4.69, 9.17) is 16.3 Å². The molecule has 0 saturated carbocycles. The Bertz CT molecular complexity index is 746. The summed E-state index contributed by atoms with van der Waals surface area (Å²) >= 11 is 6.09. The van der Waals surface area contributed by atoms with Crippen molar-refractivity contribution in [2.45, 2.75) is 0 Å². The van der Waals surface area contributed by atoms with Crippen molar-refractivity contribution in [2.24, 2.45) is 0 Å². The first-order valence-electron chi connectivity index (χ1n) is 7.97. The average molecular weight is 364 g/mol. The quantitative estimate of drug-likeness (QED) is 0.901. The Hall–Kier alpha value is -2.47. The van der Waals surface area contributed by atoms with Gasteiger partial charge in [-0.2, -0.15) is 0 Å². The molecule has 1 N–H and O–H groups in total. The van der Waals surface area contributed by atoms with Crippen molar-refractivity contribution in [2.75, 3.05) is 43.5 Å². The lowest BCUT2D eigenvalue weighted by Crippen LogP contribution is -2.50. The Labute approximate surface area is 150 Å². The van der Waals surface area contributed by atoms with E-state index in [-0.39, 0.29) is 11.8 Å². The van der Waals surface area contributed by atoms with E-state index in [0.29, 0.717) is 36.9 Å². The number of methoxy groups -OCH3 is 1. The molecule has 0 unspecified atom stereocenters. The number of urea groups is 1. The first-order valence-corrected chi connectivity index (χ1v) is 8.34. The number of benzene rings is 2. The molecule has 5 nitrogen and oxygen atoms in total. The number of piperazine rings is 1. The van der Waals surface area contributed by atoms with Gasteiger partial charge in [0, 0.05) is 36.9 Å². The van der Waals surface area contributed by atoms with E-state index in [9.17, 15) is 9.18 Å². The fraction of sp³-hybridized carbons (Fsp3) is 0.278. The fourth-order valence-corrected chi connectivity index (χ4v) is 2.96. The molecule has 132 valence electrons. The SMILES string of the molecule is COc1ccc(Cl)cc1N1CCN(C(=O)Nc2ccc(F)cc2)CC1. The van der Waals surface area contributed by atoms with Crippen LogP contribution in [0.5, 0.6) is 5.75 Å². The summed E-state index contributed by atoms with van der Waals surface area (Å²) in [5, 5.41) is 3.43. The van der Waals surface area contributed by atoms with Gasteiger partial charge in [-0.05, 0) is 42.5 Å². The van der Waals surface area contributed by atoms with Gasteiger partial charge in [-0.15, -0.1) is 0 Å². The molecule has 2 aromatic rings. The predicted molar refractivity (Wildman–Crippen MR) is 97.2 cm³/mol. The maximum absolute atomic E-state index is 12.9. The van der Waals surface area contributed by atoms with E-state index < -0.39 is 0 Å². The zero-order valence-electron chi connectivity index (χ0n) is 13.8. The smallest absolute Gasteiger partial charge is 0.321 e. The van der Waals surface area contributed by atoms with Gasteiger partial charge in [-0.1, -0.05) is 11.6 Å². The first kappa shape index (κ1) is 17.4. The molecule has 1 aliphatic heterocycles. The van der Waals surface area contributed by atoms with Crippen LogP contribution in [0.25, 0.3) is 0 Å². The minimum absolute atomic E-state index is 0.190. The molecule has 0 radical (unpaired) electrons. The van der Waals surface area contributed by atoms with Crippen LogP contribution < -0.4 is 15.0 Å². The Morgan fingerprint density at radius 3 is 2.44 bits per heavy atom. The van der Waals surface area contributed by atoms with Gasteiger partial charge in [0.2, 0.25) is 0 Å². The molecule has 0 atom stereocenters. The molecule has 1 saturated heterocycles. The average Bonchev–Trinajstić information content (AvgIpc) is 2.63. The van der Waals surface area contributed by atoms with Crippen LogP contribution >= 0.6 is 11.6 Å². The van der Waals surface area contributed by atoms with Gasteiger partial charge in [0.05, 0.1) is 12.8 Å². The lowest BCUT2D eigenvalue weighted by atomic mass is 10.2. The summed E-state index contributed by atoms with van der Waals surface area (Å²) in [7, 11) is 1.62. The molecule has 2 amide bonds. The van der Waals surface area contributed by atoms with Gasteiger partial charge in [0.15, 0.2) is 0 Å². The van der Waals surface area contributed by atoms with Crippen molar-refractivity contribution in [3.63, 3.8) is 0 Å². The summed E-state index contributed by atoms with van der Waals surface area (Å²) in [6.45, 7) is 2.49. The van der Waals surface area contributed by atoms with Crippen LogP contribution in [0.1, 0.15) is 0 Å². The van der Waals surface area contributed by atoms with Crippen LogP contribution in [0.2, 0.25) is 5.02 Å². The van der Waals surface area contributed by atoms with E-state index in [1.54, 1.807) is 30.2 Å². The predicted octanol–water partition coefficient (Wildman–Crippen LogP) is 3.84. The second-order valence-electron chi connectivity index (χ2n) is 5.73. The summed E-state index contributed by atoms with van der Waals surface area (Å²) in [5.41, 5.74) is 1.50. The molecular weight excluding hydrogens is 345 g/mol. The highest BCUT2D eigenvalue weighted by Gasteiger charge is 2.23. The van der Waals surface area contributed by atoms with Crippen LogP contribution in [0, 0.1) is 5.82 Å². The summed E-state index contributed by atoms with van der Waals surface area (Å²) in [5.74, 6) is 0.427. The van der Waals surface area contributed by atoms with Gasteiger partial charge in [-0.3, -0.25) is 0 Å². The highest BCUT2D eigenvalue weighted by molar-refractivity contribution is 6.30. The number of carbonyl (C=O) groups excluding carboxylic acids is 1. The number of nitrogens with zero attached hydrogens (tertiary/aromatic N) is 2. The standard InChI is InChI=1S/C18H19ClFN3O2/c1-25-17-7-2-13(19)12-16(17)22-8-10-23(11-9-22)18(24)21-15-5-3-14(20)4-6-15/h2-7,12H,8-11H2,1H3,(H,21,24). The molecule has 0 spiro atoms. The molecular formula is C18H19ClFN3O2. The first-order chi connectivity index (χ1) is 12.1. The lowest BCUT2D eigenvalue weighted by molar-refractivity contribution is 0.208. The van der Waals surface area contributed by atoms with Crippen molar-refractivity contribution < 1.29 is 13.9 Å². The molecule has 7 heteroatoms. The fourth-order valence-electron chi connectivity index (χ4n) is 2.80. The van der Waals surface area contributed by atoms with Crippen LogP contribution in [-0.4, -0.2) is 44.2 Å². The van der Waals surface area contributed by atoms with Crippen LogP contribution in [0.15, 0.2) is 42.5 Å². The number of ether oxygens (including phenoxy) is 1.